The number of benzene rings is 1. The summed E-state index contributed by atoms with van der Waals surface area (Å²) in [5.74, 6) is 0.00953. The first kappa shape index (κ1) is 16.9. The van der Waals surface area contributed by atoms with E-state index in [1.165, 1.54) is 42.0 Å². The number of hydrogen-bond donors (Lipinski definition) is 0. The molecule has 1 saturated heterocycles. The van der Waals surface area contributed by atoms with Gasteiger partial charge in [-0.15, -0.1) is 5.10 Å². The van der Waals surface area contributed by atoms with E-state index in [0.29, 0.717) is 11.4 Å². The normalized spacial score (nSPS) is 14.7. The van der Waals surface area contributed by atoms with Crippen LogP contribution in [0.15, 0.2) is 24.3 Å². The van der Waals surface area contributed by atoms with Gasteiger partial charge in [0.1, 0.15) is 4.88 Å². The van der Waals surface area contributed by atoms with Crippen molar-refractivity contribution in [3.8, 4) is 0 Å². The zero-order chi connectivity index (χ0) is 16.9. The molecule has 6 heteroatoms. The molecular formula is C18H24N4OS. The molecule has 2 aromatic rings. The highest BCUT2D eigenvalue weighted by Crippen LogP contribution is 2.25. The van der Waals surface area contributed by atoms with Gasteiger partial charge in [-0.3, -0.25) is 4.79 Å². The van der Waals surface area contributed by atoms with Gasteiger partial charge in [-0.25, -0.2) is 0 Å². The number of hydrogen-bond acceptors (Lipinski definition) is 5. The van der Waals surface area contributed by atoms with Gasteiger partial charge in [-0.05, 0) is 48.8 Å². The monoisotopic (exact) mass is 344 g/mol. The van der Waals surface area contributed by atoms with E-state index in [1.54, 1.807) is 4.90 Å². The third-order valence-corrected chi connectivity index (χ3v) is 5.28. The summed E-state index contributed by atoms with van der Waals surface area (Å²) in [6.45, 7) is 4.81. The Balaban J connectivity index is 1.77. The molecule has 2 heterocycles. The molecule has 1 aliphatic rings. The van der Waals surface area contributed by atoms with E-state index in [0.717, 1.165) is 25.2 Å². The van der Waals surface area contributed by atoms with Gasteiger partial charge < -0.3 is 9.80 Å². The fraction of sp³-hybridized carbons (Fsp3) is 0.500. The largest absolute Gasteiger partial charge is 0.371 e. The average Bonchev–Trinajstić information content (AvgIpc) is 3.11. The number of nitrogens with zero attached hydrogens (tertiary/aromatic N) is 4. The Hall–Kier alpha value is -1.95. The van der Waals surface area contributed by atoms with Crippen molar-refractivity contribution in [3.63, 3.8) is 0 Å². The lowest BCUT2D eigenvalue weighted by atomic mass is 10.1. The van der Waals surface area contributed by atoms with E-state index < -0.39 is 0 Å². The number of carbonyl (C=O) groups excluding carboxylic acids is 1. The Labute approximate surface area is 147 Å². The maximum Gasteiger partial charge on any atom is 0.267 e. The SMILES string of the molecule is CCc1nnsc1C(=O)N(C)Cc1ccccc1N1CCCCC1. The third kappa shape index (κ3) is 3.59. The molecule has 0 N–H and O–H groups in total. The number of anilines is 1. The molecule has 0 unspecified atom stereocenters. The second-order valence-electron chi connectivity index (χ2n) is 6.24. The topological polar surface area (TPSA) is 49.3 Å². The lowest BCUT2D eigenvalue weighted by Crippen LogP contribution is -2.32. The van der Waals surface area contributed by atoms with Crippen molar-refractivity contribution in [1.29, 1.82) is 0 Å². The second kappa shape index (κ2) is 7.75. The summed E-state index contributed by atoms with van der Waals surface area (Å²) >= 11 is 1.19. The van der Waals surface area contributed by atoms with Crippen molar-refractivity contribution in [2.75, 3.05) is 25.0 Å². The van der Waals surface area contributed by atoms with Crippen molar-refractivity contribution in [2.45, 2.75) is 39.2 Å². The molecule has 1 amide bonds. The van der Waals surface area contributed by atoms with Crippen molar-refractivity contribution in [2.24, 2.45) is 0 Å². The van der Waals surface area contributed by atoms with Crippen molar-refractivity contribution >= 4 is 23.1 Å². The first-order valence-electron chi connectivity index (χ1n) is 8.60. The van der Waals surface area contributed by atoms with Gasteiger partial charge >= 0.3 is 0 Å². The summed E-state index contributed by atoms with van der Waals surface area (Å²) in [6.07, 6.45) is 4.54. The van der Waals surface area contributed by atoms with Crippen LogP contribution in [0.3, 0.4) is 0 Å². The molecule has 5 nitrogen and oxygen atoms in total. The molecule has 0 atom stereocenters. The number of aryl methyl sites for hydroxylation is 1. The number of aromatic nitrogens is 2. The molecule has 1 aliphatic heterocycles. The van der Waals surface area contributed by atoms with E-state index >= 15 is 0 Å². The van der Waals surface area contributed by atoms with E-state index in [1.807, 2.05) is 20.0 Å². The van der Waals surface area contributed by atoms with Crippen LogP contribution >= 0.6 is 11.5 Å². The molecular weight excluding hydrogens is 320 g/mol. The predicted octanol–water partition coefficient (Wildman–Crippen LogP) is 3.36. The van der Waals surface area contributed by atoms with Crippen LogP contribution in [0.25, 0.3) is 0 Å². The Bertz CT molecular complexity index is 694. The second-order valence-corrected chi connectivity index (χ2v) is 6.99. The molecule has 0 aliphatic carbocycles. The van der Waals surface area contributed by atoms with Gasteiger partial charge in [0, 0.05) is 32.4 Å². The number of rotatable bonds is 5. The van der Waals surface area contributed by atoms with Gasteiger partial charge in [-0.2, -0.15) is 0 Å². The Kier molecular flexibility index (Phi) is 5.45. The van der Waals surface area contributed by atoms with E-state index in [2.05, 4.69) is 32.7 Å². The maximum atomic E-state index is 12.7. The lowest BCUT2D eigenvalue weighted by Gasteiger charge is -2.31. The average molecular weight is 344 g/mol. The molecule has 1 aromatic heterocycles. The van der Waals surface area contributed by atoms with Crippen LogP contribution in [0, 0.1) is 0 Å². The number of para-hydroxylation sites is 1. The third-order valence-electron chi connectivity index (χ3n) is 4.53. The van der Waals surface area contributed by atoms with E-state index in [9.17, 15) is 4.79 Å². The minimum Gasteiger partial charge on any atom is -0.371 e. The maximum absolute atomic E-state index is 12.7. The van der Waals surface area contributed by atoms with Crippen LogP contribution in [0.1, 0.15) is 47.1 Å². The smallest absolute Gasteiger partial charge is 0.267 e. The van der Waals surface area contributed by atoms with E-state index in [4.69, 9.17) is 0 Å². The number of piperidine rings is 1. The molecule has 1 aromatic carbocycles. The quantitative estimate of drug-likeness (QED) is 0.834. The van der Waals surface area contributed by atoms with Crippen molar-refractivity contribution in [3.05, 3.63) is 40.4 Å². The highest BCUT2D eigenvalue weighted by molar-refractivity contribution is 7.07. The molecule has 3 rings (SSSR count). The first-order chi connectivity index (χ1) is 11.7. The zero-order valence-electron chi connectivity index (χ0n) is 14.4. The minimum atomic E-state index is 0.00953. The van der Waals surface area contributed by atoms with Gasteiger partial charge in [0.15, 0.2) is 0 Å². The summed E-state index contributed by atoms with van der Waals surface area (Å²) in [4.78, 5) is 17.6. The highest BCUT2D eigenvalue weighted by atomic mass is 32.1. The lowest BCUT2D eigenvalue weighted by molar-refractivity contribution is 0.0789. The van der Waals surface area contributed by atoms with Crippen LogP contribution in [0.4, 0.5) is 5.69 Å². The van der Waals surface area contributed by atoms with E-state index in [-0.39, 0.29) is 5.91 Å². The fourth-order valence-corrected chi connectivity index (χ4v) is 3.94. The summed E-state index contributed by atoms with van der Waals surface area (Å²) in [5, 5.41) is 4.05. The Morgan fingerprint density at radius 2 is 2.00 bits per heavy atom. The highest BCUT2D eigenvalue weighted by Gasteiger charge is 2.21. The van der Waals surface area contributed by atoms with Gasteiger partial charge in [-0.1, -0.05) is 29.6 Å². The van der Waals surface area contributed by atoms with Crippen molar-refractivity contribution in [1.82, 2.24) is 14.5 Å². The molecule has 24 heavy (non-hydrogen) atoms. The van der Waals surface area contributed by atoms with Crippen LogP contribution in [0.2, 0.25) is 0 Å². The molecule has 0 bridgehead atoms. The number of carbonyl (C=O) groups is 1. The standard InChI is InChI=1S/C18H24N4OS/c1-3-15-17(24-20-19-15)18(23)21(2)13-14-9-5-6-10-16(14)22-11-7-4-8-12-22/h5-6,9-10H,3-4,7-8,11-13H2,1-2H3. The molecule has 1 fully saturated rings. The van der Waals surface area contributed by atoms with Gasteiger partial charge in [0.25, 0.3) is 5.91 Å². The predicted molar refractivity (Wildman–Crippen MR) is 97.6 cm³/mol. The Morgan fingerprint density at radius 1 is 1.25 bits per heavy atom. The first-order valence-corrected chi connectivity index (χ1v) is 9.37. The van der Waals surface area contributed by atoms with Crippen LogP contribution in [0.5, 0.6) is 0 Å². The van der Waals surface area contributed by atoms with Gasteiger partial charge in [0.2, 0.25) is 0 Å². The molecule has 0 saturated carbocycles. The van der Waals surface area contributed by atoms with Crippen LogP contribution in [-0.4, -0.2) is 40.5 Å². The van der Waals surface area contributed by atoms with Gasteiger partial charge in [0.05, 0.1) is 5.69 Å². The Morgan fingerprint density at radius 3 is 2.75 bits per heavy atom. The van der Waals surface area contributed by atoms with Crippen LogP contribution < -0.4 is 4.90 Å². The number of amides is 1. The summed E-state index contributed by atoms with van der Waals surface area (Å²) in [5.41, 5.74) is 3.25. The van der Waals surface area contributed by atoms with Crippen LogP contribution in [-0.2, 0) is 13.0 Å². The van der Waals surface area contributed by atoms with Crippen molar-refractivity contribution < 1.29 is 4.79 Å². The fourth-order valence-electron chi connectivity index (χ4n) is 3.19. The molecule has 128 valence electrons. The summed E-state index contributed by atoms with van der Waals surface area (Å²) in [7, 11) is 1.86. The summed E-state index contributed by atoms with van der Waals surface area (Å²) < 4.78 is 3.93. The minimum absolute atomic E-state index is 0.00953. The molecule has 0 spiro atoms. The summed E-state index contributed by atoms with van der Waals surface area (Å²) in [6, 6.07) is 8.43. The zero-order valence-corrected chi connectivity index (χ0v) is 15.2. The molecule has 0 radical (unpaired) electrons.